The Morgan fingerprint density at radius 1 is 1.10 bits per heavy atom. The summed E-state index contributed by atoms with van der Waals surface area (Å²) in [5.74, 6) is -0.435. The monoisotopic (exact) mass is 392 g/mol. The average Bonchev–Trinajstić information content (AvgIpc) is 3.02. The van der Waals surface area contributed by atoms with Gasteiger partial charge in [0, 0.05) is 11.8 Å². The summed E-state index contributed by atoms with van der Waals surface area (Å²) < 4.78 is 20.9. The molecule has 1 fully saturated rings. The first kappa shape index (κ1) is 18.0. The Kier molecular flexibility index (Phi) is 4.23. The van der Waals surface area contributed by atoms with Crippen molar-refractivity contribution in [3.05, 3.63) is 71.4 Å². The third-order valence-corrected chi connectivity index (χ3v) is 6.21. The molecule has 148 valence electrons. The van der Waals surface area contributed by atoms with Crippen LogP contribution in [0.1, 0.15) is 37.8 Å². The minimum atomic E-state index is -0.876. The molecule has 0 radical (unpaired) electrons. The zero-order valence-electron chi connectivity index (χ0n) is 16.0. The fourth-order valence-electron chi connectivity index (χ4n) is 4.80. The van der Waals surface area contributed by atoms with Crippen molar-refractivity contribution < 1.29 is 18.7 Å². The van der Waals surface area contributed by atoms with Crippen LogP contribution in [0.5, 0.6) is 0 Å². The zero-order chi connectivity index (χ0) is 20.1. The SMILES string of the molecule is CC1CCC2OC3=C(C(=O)C2C1)C(c1ccccc1F)N(c1ccccn1)C3=O. The van der Waals surface area contributed by atoms with Crippen LogP contribution >= 0.6 is 0 Å². The summed E-state index contributed by atoms with van der Waals surface area (Å²) >= 11 is 0. The number of aromatic nitrogens is 1. The Bertz CT molecular complexity index is 1020. The lowest BCUT2D eigenvalue weighted by Crippen LogP contribution is -2.41. The molecule has 1 aromatic carbocycles. The van der Waals surface area contributed by atoms with Crippen LogP contribution in [0.2, 0.25) is 0 Å². The number of Topliss-reactive ketones (excluding diaryl/α,β-unsaturated/α-hetero) is 1. The molecule has 1 aliphatic carbocycles. The number of halogens is 1. The van der Waals surface area contributed by atoms with E-state index in [1.807, 2.05) is 0 Å². The van der Waals surface area contributed by atoms with Crippen LogP contribution in [0, 0.1) is 17.7 Å². The van der Waals surface area contributed by atoms with Gasteiger partial charge >= 0.3 is 0 Å². The summed E-state index contributed by atoms with van der Waals surface area (Å²) in [5, 5.41) is 0. The first-order valence-electron chi connectivity index (χ1n) is 10.0. The van der Waals surface area contributed by atoms with Crippen LogP contribution in [0.3, 0.4) is 0 Å². The van der Waals surface area contributed by atoms with Crippen LogP contribution in [0.4, 0.5) is 10.2 Å². The van der Waals surface area contributed by atoms with Gasteiger partial charge in [0.2, 0.25) is 0 Å². The van der Waals surface area contributed by atoms with Gasteiger partial charge < -0.3 is 4.74 Å². The largest absolute Gasteiger partial charge is 0.483 e. The smallest absolute Gasteiger partial charge is 0.295 e. The number of anilines is 1. The third kappa shape index (κ3) is 2.77. The van der Waals surface area contributed by atoms with Crippen LogP contribution < -0.4 is 4.90 Å². The van der Waals surface area contributed by atoms with Gasteiger partial charge in [-0.3, -0.25) is 14.5 Å². The van der Waals surface area contributed by atoms with Crippen LogP contribution in [-0.2, 0) is 14.3 Å². The van der Waals surface area contributed by atoms with Gasteiger partial charge in [0.05, 0.1) is 17.5 Å². The summed E-state index contributed by atoms with van der Waals surface area (Å²) in [7, 11) is 0. The van der Waals surface area contributed by atoms with E-state index < -0.39 is 17.8 Å². The van der Waals surface area contributed by atoms with Crippen molar-refractivity contribution in [1.82, 2.24) is 4.98 Å². The second-order valence-electron chi connectivity index (χ2n) is 8.08. The normalized spacial score (nSPS) is 28.8. The lowest BCUT2D eigenvalue weighted by Gasteiger charge is -2.37. The van der Waals surface area contributed by atoms with Crippen molar-refractivity contribution >= 4 is 17.5 Å². The standard InChI is InChI=1S/C23H21FN2O3/c1-13-9-10-17-15(12-13)21(27)19-20(14-6-2-3-7-16(14)24)26(23(28)22(19)29-17)18-8-4-5-11-25-18/h2-8,11,13,15,17,20H,9-10,12H2,1H3. The molecule has 5 nitrogen and oxygen atoms in total. The van der Waals surface area contributed by atoms with Crippen molar-refractivity contribution in [3.8, 4) is 0 Å². The number of benzene rings is 1. The van der Waals surface area contributed by atoms with E-state index >= 15 is 0 Å². The second kappa shape index (κ2) is 6.79. The number of pyridine rings is 1. The molecule has 5 rings (SSSR count). The number of amides is 1. The molecule has 1 saturated carbocycles. The number of carbonyl (C=O) groups is 2. The molecule has 1 amide bonds. The number of carbonyl (C=O) groups excluding carboxylic acids is 2. The average molecular weight is 392 g/mol. The lowest BCUT2D eigenvalue weighted by atomic mass is 9.74. The highest BCUT2D eigenvalue weighted by Gasteiger charge is 2.53. The maximum absolute atomic E-state index is 14.8. The van der Waals surface area contributed by atoms with Gasteiger partial charge in [0.15, 0.2) is 11.5 Å². The molecule has 4 unspecified atom stereocenters. The summed E-state index contributed by atoms with van der Waals surface area (Å²) in [5.41, 5.74) is 0.539. The quantitative estimate of drug-likeness (QED) is 0.776. The van der Waals surface area contributed by atoms with Gasteiger partial charge in [0.25, 0.3) is 5.91 Å². The molecular formula is C23H21FN2O3. The highest BCUT2D eigenvalue weighted by molar-refractivity contribution is 6.17. The van der Waals surface area contributed by atoms with Crippen molar-refractivity contribution in [2.24, 2.45) is 11.8 Å². The van der Waals surface area contributed by atoms with Crippen LogP contribution in [0.15, 0.2) is 60.0 Å². The van der Waals surface area contributed by atoms with E-state index in [0.717, 1.165) is 19.3 Å². The van der Waals surface area contributed by atoms with E-state index in [4.69, 9.17) is 4.74 Å². The fourth-order valence-corrected chi connectivity index (χ4v) is 4.80. The minimum Gasteiger partial charge on any atom is -0.483 e. The Morgan fingerprint density at radius 3 is 2.66 bits per heavy atom. The third-order valence-electron chi connectivity index (χ3n) is 6.21. The minimum absolute atomic E-state index is 0.0599. The molecule has 3 aliphatic rings. The Hall–Kier alpha value is -3.02. The number of hydrogen-bond donors (Lipinski definition) is 0. The van der Waals surface area contributed by atoms with Crippen molar-refractivity contribution in [3.63, 3.8) is 0 Å². The maximum atomic E-state index is 14.8. The fraction of sp³-hybridized carbons (Fsp3) is 0.348. The predicted octanol–water partition coefficient (Wildman–Crippen LogP) is 3.97. The van der Waals surface area contributed by atoms with E-state index in [9.17, 15) is 14.0 Å². The van der Waals surface area contributed by atoms with Crippen LogP contribution in [0.25, 0.3) is 0 Å². The first-order chi connectivity index (χ1) is 14.1. The molecule has 29 heavy (non-hydrogen) atoms. The molecule has 0 N–H and O–H groups in total. The van der Waals surface area contributed by atoms with Crippen molar-refractivity contribution in [1.29, 1.82) is 0 Å². The summed E-state index contributed by atoms with van der Waals surface area (Å²) in [4.78, 5) is 32.6. The number of hydrogen-bond acceptors (Lipinski definition) is 4. The molecule has 2 aromatic rings. The molecule has 3 heterocycles. The van der Waals surface area contributed by atoms with E-state index in [1.54, 1.807) is 42.6 Å². The molecule has 0 bridgehead atoms. The molecule has 2 aliphatic heterocycles. The number of ether oxygens (including phenoxy) is 1. The number of ketones is 1. The molecular weight excluding hydrogens is 371 g/mol. The van der Waals surface area contributed by atoms with Crippen LogP contribution in [-0.4, -0.2) is 22.8 Å². The number of rotatable bonds is 2. The first-order valence-corrected chi connectivity index (χ1v) is 10.0. The Labute approximate surface area is 168 Å². The summed E-state index contributed by atoms with van der Waals surface area (Å²) in [6.45, 7) is 2.13. The maximum Gasteiger partial charge on any atom is 0.295 e. The predicted molar refractivity (Wildman–Crippen MR) is 104 cm³/mol. The van der Waals surface area contributed by atoms with E-state index in [2.05, 4.69) is 11.9 Å². The lowest BCUT2D eigenvalue weighted by molar-refractivity contribution is -0.132. The van der Waals surface area contributed by atoms with Gasteiger partial charge in [-0.25, -0.2) is 9.37 Å². The van der Waals surface area contributed by atoms with Gasteiger partial charge in [-0.15, -0.1) is 0 Å². The highest BCUT2D eigenvalue weighted by Crippen LogP contribution is 2.48. The van der Waals surface area contributed by atoms with Crippen molar-refractivity contribution in [2.45, 2.75) is 38.3 Å². The zero-order valence-corrected chi connectivity index (χ0v) is 16.0. The topological polar surface area (TPSA) is 59.5 Å². The highest BCUT2D eigenvalue weighted by atomic mass is 19.1. The summed E-state index contributed by atoms with van der Waals surface area (Å²) in [6, 6.07) is 10.6. The Morgan fingerprint density at radius 2 is 1.90 bits per heavy atom. The number of fused-ring (bicyclic) bond motifs is 1. The van der Waals surface area contributed by atoms with Gasteiger partial charge in [-0.05, 0) is 43.4 Å². The summed E-state index contributed by atoms with van der Waals surface area (Å²) in [6.07, 6.45) is 3.72. The molecule has 6 heteroatoms. The van der Waals surface area contributed by atoms with Gasteiger partial charge in [-0.1, -0.05) is 31.2 Å². The Balaban J connectivity index is 1.67. The van der Waals surface area contributed by atoms with Gasteiger partial charge in [0.1, 0.15) is 17.7 Å². The van der Waals surface area contributed by atoms with Crippen molar-refractivity contribution in [2.75, 3.05) is 4.90 Å². The van der Waals surface area contributed by atoms with E-state index in [-0.39, 0.29) is 34.7 Å². The molecule has 4 atom stereocenters. The molecule has 0 saturated heterocycles. The second-order valence-corrected chi connectivity index (χ2v) is 8.08. The molecule has 1 aromatic heterocycles. The molecule has 0 spiro atoms. The van der Waals surface area contributed by atoms with Gasteiger partial charge in [-0.2, -0.15) is 0 Å². The van der Waals surface area contributed by atoms with E-state index in [1.165, 1.54) is 11.0 Å². The number of nitrogens with zero attached hydrogens (tertiary/aromatic N) is 2. The van der Waals surface area contributed by atoms with E-state index in [0.29, 0.717) is 11.7 Å².